The molecule has 0 fully saturated rings. The molecule has 4 aromatic rings. The summed E-state index contributed by atoms with van der Waals surface area (Å²) in [6, 6.07) is 28.5. The number of rotatable bonds is 5. The molecule has 0 aliphatic heterocycles. The smallest absolute Gasteiger partial charge is 0.257 e. The summed E-state index contributed by atoms with van der Waals surface area (Å²) in [5.41, 5.74) is 3.12. The highest BCUT2D eigenvalue weighted by Gasteiger charge is 2.09. The van der Waals surface area contributed by atoms with Gasteiger partial charge in [-0.3, -0.25) is 9.78 Å². The van der Waals surface area contributed by atoms with E-state index in [0.717, 1.165) is 16.9 Å². The normalized spacial score (nSPS) is 10.3. The van der Waals surface area contributed by atoms with Gasteiger partial charge in [0.05, 0.1) is 5.56 Å². The van der Waals surface area contributed by atoms with E-state index in [9.17, 15) is 4.79 Å². The Morgan fingerprint density at radius 3 is 2.07 bits per heavy atom. The monoisotopic (exact) mass is 366 g/mol. The lowest BCUT2D eigenvalue weighted by Gasteiger charge is -2.09. The minimum Gasteiger partial charge on any atom is -0.457 e. The molecular formula is C24H18N2O2. The molecular weight excluding hydrogens is 348 g/mol. The number of nitrogens with zero attached hydrogens (tertiary/aromatic N) is 1. The van der Waals surface area contributed by atoms with Gasteiger partial charge in [0.15, 0.2) is 0 Å². The number of hydrogen-bond acceptors (Lipinski definition) is 3. The van der Waals surface area contributed by atoms with Crippen LogP contribution < -0.4 is 10.1 Å². The average molecular weight is 366 g/mol. The van der Waals surface area contributed by atoms with Crippen LogP contribution in [0.15, 0.2) is 103 Å². The van der Waals surface area contributed by atoms with Gasteiger partial charge in [0, 0.05) is 23.6 Å². The molecule has 28 heavy (non-hydrogen) atoms. The molecule has 0 saturated carbocycles. The summed E-state index contributed by atoms with van der Waals surface area (Å²) in [5, 5.41) is 2.89. The van der Waals surface area contributed by atoms with Crippen molar-refractivity contribution in [1.29, 1.82) is 0 Å². The zero-order valence-electron chi connectivity index (χ0n) is 15.1. The molecule has 1 amide bonds. The van der Waals surface area contributed by atoms with Gasteiger partial charge in [-0.25, -0.2) is 0 Å². The highest BCUT2D eigenvalue weighted by molar-refractivity contribution is 6.04. The Balaban J connectivity index is 1.45. The van der Waals surface area contributed by atoms with Gasteiger partial charge in [-0.05, 0) is 48.0 Å². The first-order valence-corrected chi connectivity index (χ1v) is 8.93. The number of hydrogen-bond donors (Lipinski definition) is 1. The fourth-order valence-electron chi connectivity index (χ4n) is 2.79. The second kappa shape index (κ2) is 8.18. The fourth-order valence-corrected chi connectivity index (χ4v) is 2.79. The topological polar surface area (TPSA) is 51.2 Å². The maximum Gasteiger partial charge on any atom is 0.257 e. The first-order chi connectivity index (χ1) is 13.8. The van der Waals surface area contributed by atoms with Crippen LogP contribution in [0.4, 0.5) is 5.69 Å². The molecule has 0 bridgehead atoms. The summed E-state index contributed by atoms with van der Waals surface area (Å²) in [5.74, 6) is 1.27. The van der Waals surface area contributed by atoms with Crippen LogP contribution in [0.25, 0.3) is 11.1 Å². The lowest BCUT2D eigenvalue weighted by atomic mass is 10.1. The highest BCUT2D eigenvalue weighted by atomic mass is 16.5. The largest absolute Gasteiger partial charge is 0.457 e. The molecule has 0 unspecified atom stereocenters. The molecule has 4 rings (SSSR count). The fraction of sp³-hybridized carbons (Fsp3) is 0. The summed E-state index contributed by atoms with van der Waals surface area (Å²) in [6.45, 7) is 0. The van der Waals surface area contributed by atoms with Crippen LogP contribution in [0.5, 0.6) is 11.5 Å². The Morgan fingerprint density at radius 1 is 0.714 bits per heavy atom. The van der Waals surface area contributed by atoms with E-state index in [1.165, 1.54) is 0 Å². The molecule has 0 aliphatic rings. The average Bonchev–Trinajstić information content (AvgIpc) is 2.76. The van der Waals surface area contributed by atoms with Gasteiger partial charge in [-0.15, -0.1) is 0 Å². The first kappa shape index (κ1) is 17.5. The van der Waals surface area contributed by atoms with Crippen LogP contribution >= 0.6 is 0 Å². The third-order valence-electron chi connectivity index (χ3n) is 4.20. The molecule has 0 aliphatic carbocycles. The van der Waals surface area contributed by atoms with E-state index >= 15 is 0 Å². The van der Waals surface area contributed by atoms with Gasteiger partial charge in [-0.2, -0.15) is 0 Å². The van der Waals surface area contributed by atoms with Crippen molar-refractivity contribution in [2.45, 2.75) is 0 Å². The van der Waals surface area contributed by atoms with Gasteiger partial charge >= 0.3 is 0 Å². The molecule has 0 spiro atoms. The van der Waals surface area contributed by atoms with Crippen molar-refractivity contribution >= 4 is 11.6 Å². The van der Waals surface area contributed by atoms with Crippen molar-refractivity contribution in [1.82, 2.24) is 4.98 Å². The Kier molecular flexibility index (Phi) is 5.11. The van der Waals surface area contributed by atoms with Gasteiger partial charge in [0.2, 0.25) is 0 Å². The molecule has 136 valence electrons. The predicted octanol–water partition coefficient (Wildman–Crippen LogP) is 5.79. The quantitative estimate of drug-likeness (QED) is 0.486. The molecule has 4 nitrogen and oxygen atoms in total. The molecule has 0 radical (unpaired) electrons. The van der Waals surface area contributed by atoms with E-state index in [4.69, 9.17) is 4.74 Å². The number of amides is 1. The van der Waals surface area contributed by atoms with E-state index in [1.54, 1.807) is 12.4 Å². The summed E-state index contributed by atoms with van der Waals surface area (Å²) in [4.78, 5) is 16.8. The standard InChI is InChI=1S/C24H18N2O2/c27-24(20-15-19(16-25-17-20)18-7-3-1-4-8-18)26-21-11-13-23(14-12-21)28-22-9-5-2-6-10-22/h1-17H,(H,26,27). The highest BCUT2D eigenvalue weighted by Crippen LogP contribution is 2.23. The zero-order valence-corrected chi connectivity index (χ0v) is 15.1. The first-order valence-electron chi connectivity index (χ1n) is 8.93. The Bertz CT molecular complexity index is 1060. The molecule has 0 atom stereocenters. The summed E-state index contributed by atoms with van der Waals surface area (Å²) in [7, 11) is 0. The Morgan fingerprint density at radius 2 is 1.36 bits per heavy atom. The molecule has 4 heteroatoms. The van der Waals surface area contributed by atoms with Crippen LogP contribution in [0, 0.1) is 0 Å². The van der Waals surface area contributed by atoms with Gasteiger partial charge in [0.1, 0.15) is 11.5 Å². The van der Waals surface area contributed by atoms with Gasteiger partial charge in [-0.1, -0.05) is 48.5 Å². The minimum atomic E-state index is -0.206. The maximum absolute atomic E-state index is 12.6. The molecule has 1 heterocycles. The van der Waals surface area contributed by atoms with Crippen molar-refractivity contribution in [2.75, 3.05) is 5.32 Å². The SMILES string of the molecule is O=C(Nc1ccc(Oc2ccccc2)cc1)c1cncc(-c2ccccc2)c1. The zero-order chi connectivity index (χ0) is 19.2. The molecule has 1 aromatic heterocycles. The van der Waals surface area contributed by atoms with E-state index in [0.29, 0.717) is 17.0 Å². The number of pyridine rings is 1. The van der Waals surface area contributed by atoms with Crippen molar-refractivity contribution in [3.63, 3.8) is 0 Å². The van der Waals surface area contributed by atoms with Crippen LogP contribution in [0.3, 0.4) is 0 Å². The van der Waals surface area contributed by atoms with Crippen LogP contribution in [0.1, 0.15) is 10.4 Å². The van der Waals surface area contributed by atoms with Crippen LogP contribution in [-0.2, 0) is 0 Å². The van der Waals surface area contributed by atoms with E-state index in [1.807, 2.05) is 91.0 Å². The number of carbonyl (C=O) groups excluding carboxylic acids is 1. The maximum atomic E-state index is 12.6. The number of anilines is 1. The summed E-state index contributed by atoms with van der Waals surface area (Å²) < 4.78 is 5.76. The van der Waals surface area contributed by atoms with Crippen LogP contribution in [-0.4, -0.2) is 10.9 Å². The predicted molar refractivity (Wildman–Crippen MR) is 111 cm³/mol. The summed E-state index contributed by atoms with van der Waals surface area (Å²) >= 11 is 0. The van der Waals surface area contributed by atoms with Crippen molar-refractivity contribution < 1.29 is 9.53 Å². The number of ether oxygens (including phenoxy) is 1. The molecule has 3 aromatic carbocycles. The Hall–Kier alpha value is -3.92. The van der Waals surface area contributed by atoms with Gasteiger partial charge in [0.25, 0.3) is 5.91 Å². The second-order valence-electron chi connectivity index (χ2n) is 6.22. The number of para-hydroxylation sites is 1. The van der Waals surface area contributed by atoms with Crippen molar-refractivity contribution in [3.8, 4) is 22.6 Å². The molecule has 1 N–H and O–H groups in total. The third-order valence-corrected chi connectivity index (χ3v) is 4.20. The van der Waals surface area contributed by atoms with Gasteiger partial charge < -0.3 is 10.1 Å². The van der Waals surface area contributed by atoms with Crippen molar-refractivity contribution in [3.05, 3.63) is 109 Å². The van der Waals surface area contributed by atoms with E-state index in [2.05, 4.69) is 10.3 Å². The number of nitrogens with one attached hydrogen (secondary N) is 1. The summed E-state index contributed by atoms with van der Waals surface area (Å²) in [6.07, 6.45) is 3.32. The molecule has 0 saturated heterocycles. The third kappa shape index (κ3) is 4.24. The van der Waals surface area contributed by atoms with E-state index < -0.39 is 0 Å². The number of benzene rings is 3. The lowest BCUT2D eigenvalue weighted by Crippen LogP contribution is -2.12. The van der Waals surface area contributed by atoms with Crippen molar-refractivity contribution in [2.24, 2.45) is 0 Å². The number of aromatic nitrogens is 1. The lowest BCUT2D eigenvalue weighted by molar-refractivity contribution is 0.102. The van der Waals surface area contributed by atoms with E-state index in [-0.39, 0.29) is 5.91 Å². The Labute approximate surface area is 163 Å². The van der Waals surface area contributed by atoms with Crippen LogP contribution in [0.2, 0.25) is 0 Å². The number of carbonyl (C=O) groups is 1. The minimum absolute atomic E-state index is 0.206. The second-order valence-corrected chi connectivity index (χ2v) is 6.22.